The van der Waals surface area contributed by atoms with E-state index in [1.54, 1.807) is 4.68 Å². The highest BCUT2D eigenvalue weighted by atomic mass is 15.4. The normalized spacial score (nSPS) is 15.6. The van der Waals surface area contributed by atoms with Crippen molar-refractivity contribution in [1.29, 1.82) is 0 Å². The molecule has 1 aliphatic heterocycles. The van der Waals surface area contributed by atoms with Crippen LogP contribution in [0.2, 0.25) is 0 Å². The first-order valence-electron chi connectivity index (χ1n) is 6.89. The molecule has 3 heterocycles. The molecule has 0 fully saturated rings. The van der Waals surface area contributed by atoms with E-state index < -0.39 is 0 Å². The van der Waals surface area contributed by atoms with E-state index in [-0.39, 0.29) is 0 Å². The summed E-state index contributed by atoms with van der Waals surface area (Å²) in [5.41, 5.74) is 5.85. The van der Waals surface area contributed by atoms with Gasteiger partial charge in [-0.3, -0.25) is 0 Å². The summed E-state index contributed by atoms with van der Waals surface area (Å²) in [7, 11) is 0. The number of fused-ring (bicyclic) bond motifs is 3. The summed E-state index contributed by atoms with van der Waals surface area (Å²) >= 11 is 0. The van der Waals surface area contributed by atoms with E-state index in [2.05, 4.69) is 37.4 Å². The minimum absolute atomic E-state index is 0.468. The molecular weight excluding hydrogens is 264 g/mol. The summed E-state index contributed by atoms with van der Waals surface area (Å²) in [6.45, 7) is 6.02. The molecule has 6 nitrogen and oxygen atoms in total. The molecule has 0 bridgehead atoms. The van der Waals surface area contributed by atoms with Gasteiger partial charge >= 0.3 is 0 Å². The van der Waals surface area contributed by atoms with Crippen LogP contribution in [0.15, 0.2) is 23.2 Å². The Labute approximate surface area is 122 Å². The van der Waals surface area contributed by atoms with Crippen LogP contribution in [0.3, 0.4) is 0 Å². The van der Waals surface area contributed by atoms with Crippen LogP contribution in [0, 0.1) is 20.8 Å². The Kier molecular flexibility index (Phi) is 2.42. The first-order chi connectivity index (χ1) is 10.1. The van der Waals surface area contributed by atoms with Crippen LogP contribution >= 0.6 is 0 Å². The summed E-state index contributed by atoms with van der Waals surface area (Å²) < 4.78 is 1.73. The van der Waals surface area contributed by atoms with Crippen LogP contribution in [0.5, 0.6) is 0 Å². The van der Waals surface area contributed by atoms with E-state index in [1.807, 2.05) is 26.8 Å². The molecule has 0 amide bonds. The third kappa shape index (κ3) is 1.68. The van der Waals surface area contributed by atoms with Gasteiger partial charge in [-0.1, -0.05) is 12.2 Å². The topological polar surface area (TPSA) is 68.8 Å². The fourth-order valence-corrected chi connectivity index (χ4v) is 2.56. The zero-order valence-electron chi connectivity index (χ0n) is 12.1. The van der Waals surface area contributed by atoms with E-state index in [9.17, 15) is 0 Å². The predicted molar refractivity (Wildman–Crippen MR) is 80.0 cm³/mol. The van der Waals surface area contributed by atoms with Gasteiger partial charge in [0.05, 0.1) is 11.4 Å². The number of aryl methyl sites for hydroxylation is 1. The van der Waals surface area contributed by atoms with Crippen molar-refractivity contribution in [3.05, 3.63) is 40.9 Å². The van der Waals surface area contributed by atoms with Gasteiger partial charge in [-0.2, -0.15) is 10.1 Å². The van der Waals surface area contributed by atoms with Crippen LogP contribution in [0.25, 0.3) is 11.5 Å². The monoisotopic (exact) mass is 278 g/mol. The fraction of sp³-hybridized carbons (Fsp3) is 0.267. The van der Waals surface area contributed by atoms with Crippen LogP contribution in [-0.2, 0) is 0 Å². The summed E-state index contributed by atoms with van der Waals surface area (Å²) in [5, 5.41) is 13.0. The maximum Gasteiger partial charge on any atom is 0.272 e. The first kappa shape index (κ1) is 12.1. The van der Waals surface area contributed by atoms with Gasteiger partial charge in [-0.05, 0) is 38.8 Å². The number of aliphatic imine (C=N–C) groups is 1. The van der Waals surface area contributed by atoms with Crippen molar-refractivity contribution in [2.24, 2.45) is 4.99 Å². The Hall–Kier alpha value is -2.63. The highest BCUT2D eigenvalue weighted by molar-refractivity contribution is 6.33. The third-order valence-electron chi connectivity index (χ3n) is 3.99. The molecule has 21 heavy (non-hydrogen) atoms. The van der Waals surface area contributed by atoms with Gasteiger partial charge in [-0.15, -0.1) is 10.2 Å². The van der Waals surface area contributed by atoms with Crippen molar-refractivity contribution in [2.45, 2.75) is 27.2 Å². The fourth-order valence-electron chi connectivity index (χ4n) is 2.56. The Morgan fingerprint density at radius 3 is 2.76 bits per heavy atom. The molecule has 0 atom stereocenters. The number of rotatable bonds is 1. The van der Waals surface area contributed by atoms with Crippen molar-refractivity contribution >= 4 is 17.1 Å². The standard InChI is InChI=1S/C15H14N6/c1-8-9(2)20-21(10(8)3)15-17-14-13(18-19-15)11-6-4-5-7-12(11)16-14/h5-7H,4H2,1-3H3. The van der Waals surface area contributed by atoms with Gasteiger partial charge in [0.1, 0.15) is 5.69 Å². The number of hydrogen-bond acceptors (Lipinski definition) is 5. The van der Waals surface area contributed by atoms with Gasteiger partial charge in [0.25, 0.3) is 5.95 Å². The minimum Gasteiger partial charge on any atom is -0.226 e. The van der Waals surface area contributed by atoms with E-state index in [4.69, 9.17) is 0 Å². The second-order valence-corrected chi connectivity index (χ2v) is 5.24. The SMILES string of the molecule is Cc1nn(-c2nnc3c(n2)N=C2C=CCC=C23)c(C)c1C. The number of hydrogen-bond donors (Lipinski definition) is 0. The van der Waals surface area contributed by atoms with Gasteiger partial charge in [-0.25, -0.2) is 9.67 Å². The van der Waals surface area contributed by atoms with E-state index >= 15 is 0 Å². The Morgan fingerprint density at radius 1 is 1.14 bits per heavy atom. The zero-order chi connectivity index (χ0) is 14.6. The van der Waals surface area contributed by atoms with Crippen LogP contribution in [0.4, 0.5) is 5.82 Å². The molecule has 1 aliphatic carbocycles. The average Bonchev–Trinajstić information content (AvgIpc) is 2.99. The van der Waals surface area contributed by atoms with Crippen LogP contribution in [0.1, 0.15) is 29.1 Å². The summed E-state index contributed by atoms with van der Waals surface area (Å²) in [6, 6.07) is 0. The molecule has 0 aromatic carbocycles. The summed E-state index contributed by atoms with van der Waals surface area (Å²) in [6.07, 6.45) is 7.08. The van der Waals surface area contributed by atoms with Crippen LogP contribution < -0.4 is 0 Å². The highest BCUT2D eigenvalue weighted by Crippen LogP contribution is 2.33. The molecule has 2 aliphatic rings. The zero-order valence-corrected chi connectivity index (χ0v) is 12.1. The van der Waals surface area contributed by atoms with E-state index in [1.165, 1.54) is 0 Å². The molecule has 0 saturated heterocycles. The molecule has 0 saturated carbocycles. The van der Waals surface area contributed by atoms with Crippen molar-refractivity contribution in [3.8, 4) is 5.95 Å². The Morgan fingerprint density at radius 2 is 2.00 bits per heavy atom. The molecular formula is C15H14N6. The van der Waals surface area contributed by atoms with Gasteiger partial charge < -0.3 is 0 Å². The number of aromatic nitrogens is 5. The molecule has 6 heteroatoms. The van der Waals surface area contributed by atoms with Crippen molar-refractivity contribution in [3.63, 3.8) is 0 Å². The second kappa shape index (κ2) is 4.18. The number of allylic oxidation sites excluding steroid dienone is 4. The Balaban J connectivity index is 1.86. The van der Waals surface area contributed by atoms with E-state index in [0.717, 1.165) is 40.4 Å². The molecule has 104 valence electrons. The average molecular weight is 278 g/mol. The number of nitrogens with zero attached hydrogens (tertiary/aromatic N) is 6. The van der Waals surface area contributed by atoms with Crippen molar-refractivity contribution in [2.75, 3.05) is 0 Å². The lowest BCUT2D eigenvalue weighted by molar-refractivity contribution is 0.745. The van der Waals surface area contributed by atoms with Gasteiger partial charge in [0.2, 0.25) is 0 Å². The predicted octanol–water partition coefficient (Wildman–Crippen LogP) is 2.41. The molecule has 2 aromatic rings. The lowest BCUT2D eigenvalue weighted by Crippen LogP contribution is -2.07. The quantitative estimate of drug-likeness (QED) is 0.803. The molecule has 4 rings (SSSR count). The maximum absolute atomic E-state index is 4.53. The maximum atomic E-state index is 4.53. The lowest BCUT2D eigenvalue weighted by atomic mass is 10.0. The van der Waals surface area contributed by atoms with E-state index in [0.29, 0.717) is 11.8 Å². The third-order valence-corrected chi connectivity index (χ3v) is 3.99. The molecule has 0 radical (unpaired) electrons. The smallest absolute Gasteiger partial charge is 0.226 e. The van der Waals surface area contributed by atoms with Crippen molar-refractivity contribution in [1.82, 2.24) is 25.0 Å². The molecule has 0 spiro atoms. The molecule has 2 aromatic heterocycles. The van der Waals surface area contributed by atoms with Gasteiger partial charge in [0, 0.05) is 11.3 Å². The Bertz CT molecular complexity index is 853. The van der Waals surface area contributed by atoms with Crippen molar-refractivity contribution < 1.29 is 0 Å². The summed E-state index contributed by atoms with van der Waals surface area (Å²) in [5.74, 6) is 1.09. The van der Waals surface area contributed by atoms with Crippen LogP contribution in [-0.4, -0.2) is 30.7 Å². The largest absolute Gasteiger partial charge is 0.272 e. The van der Waals surface area contributed by atoms with Gasteiger partial charge in [0.15, 0.2) is 5.82 Å². The lowest BCUT2D eigenvalue weighted by Gasteiger charge is -2.04. The molecule has 0 unspecified atom stereocenters. The summed E-state index contributed by atoms with van der Waals surface area (Å²) in [4.78, 5) is 9.05. The second-order valence-electron chi connectivity index (χ2n) is 5.24. The highest BCUT2D eigenvalue weighted by Gasteiger charge is 2.25. The first-order valence-corrected chi connectivity index (χ1v) is 6.89. The minimum atomic E-state index is 0.468. The molecule has 0 N–H and O–H groups in total.